The summed E-state index contributed by atoms with van der Waals surface area (Å²) in [6.45, 7) is 4.01. The van der Waals surface area contributed by atoms with E-state index in [2.05, 4.69) is 0 Å². The van der Waals surface area contributed by atoms with Gasteiger partial charge in [0, 0.05) is 18.5 Å². The quantitative estimate of drug-likeness (QED) is 0.826. The van der Waals surface area contributed by atoms with Crippen LogP contribution in [0.15, 0.2) is 18.2 Å². The maximum absolute atomic E-state index is 11.8. The van der Waals surface area contributed by atoms with E-state index in [4.69, 9.17) is 17.3 Å². The molecule has 0 unspecified atom stereocenters. The van der Waals surface area contributed by atoms with Crippen molar-refractivity contribution < 1.29 is 4.79 Å². The first-order chi connectivity index (χ1) is 7.41. The number of nitrogens with two attached hydrogens (primary N) is 1. The molecule has 0 saturated carbocycles. The number of hydrogen-bond donors (Lipinski definition) is 1. The number of hydrogen-bond acceptors (Lipinski definition) is 2. The van der Waals surface area contributed by atoms with Gasteiger partial charge in [-0.1, -0.05) is 25.4 Å². The van der Waals surface area contributed by atoms with Crippen molar-refractivity contribution in [3.8, 4) is 0 Å². The van der Waals surface area contributed by atoms with Crippen LogP contribution in [0.4, 0.5) is 11.4 Å². The molecule has 0 aliphatic carbocycles. The van der Waals surface area contributed by atoms with Gasteiger partial charge in [-0.05, 0) is 24.1 Å². The van der Waals surface area contributed by atoms with E-state index in [0.29, 0.717) is 28.7 Å². The second kappa shape index (κ2) is 5.21. The second-order valence-corrected chi connectivity index (χ2v) is 4.69. The Labute approximate surface area is 101 Å². The van der Waals surface area contributed by atoms with Crippen molar-refractivity contribution in [2.24, 2.45) is 5.92 Å². The fourth-order valence-electron chi connectivity index (χ4n) is 1.43. The normalized spacial score (nSPS) is 10.6. The average Bonchev–Trinajstić information content (AvgIpc) is 2.19. The van der Waals surface area contributed by atoms with Gasteiger partial charge in [0.2, 0.25) is 5.91 Å². The molecular weight excluding hydrogens is 224 g/mol. The zero-order chi connectivity index (χ0) is 12.3. The van der Waals surface area contributed by atoms with Crippen LogP contribution >= 0.6 is 11.6 Å². The van der Waals surface area contributed by atoms with Gasteiger partial charge in [0.05, 0.1) is 11.4 Å². The SMILES string of the molecule is CC(C)CC(=O)N(C)c1cc(Cl)ccc1N. The van der Waals surface area contributed by atoms with E-state index in [1.165, 1.54) is 0 Å². The third-order valence-electron chi connectivity index (χ3n) is 2.31. The lowest BCUT2D eigenvalue weighted by Gasteiger charge is -2.20. The number of benzene rings is 1. The van der Waals surface area contributed by atoms with Crippen LogP contribution in [-0.4, -0.2) is 13.0 Å². The zero-order valence-electron chi connectivity index (χ0n) is 9.83. The molecule has 0 aromatic heterocycles. The summed E-state index contributed by atoms with van der Waals surface area (Å²) < 4.78 is 0. The summed E-state index contributed by atoms with van der Waals surface area (Å²) in [6, 6.07) is 5.12. The first kappa shape index (κ1) is 12.8. The summed E-state index contributed by atoms with van der Waals surface area (Å²) in [5.74, 6) is 0.374. The fourth-order valence-corrected chi connectivity index (χ4v) is 1.59. The van der Waals surface area contributed by atoms with Gasteiger partial charge < -0.3 is 10.6 Å². The van der Waals surface area contributed by atoms with Crippen molar-refractivity contribution in [1.82, 2.24) is 0 Å². The number of amides is 1. The molecule has 1 aromatic rings. The number of carbonyl (C=O) groups is 1. The van der Waals surface area contributed by atoms with Crippen molar-refractivity contribution >= 4 is 28.9 Å². The van der Waals surface area contributed by atoms with E-state index in [1.807, 2.05) is 13.8 Å². The molecule has 0 saturated heterocycles. The smallest absolute Gasteiger partial charge is 0.227 e. The van der Waals surface area contributed by atoms with Crippen molar-refractivity contribution in [2.45, 2.75) is 20.3 Å². The third kappa shape index (κ3) is 3.14. The highest BCUT2D eigenvalue weighted by molar-refractivity contribution is 6.31. The first-order valence-electron chi connectivity index (χ1n) is 5.23. The lowest BCUT2D eigenvalue weighted by Crippen LogP contribution is -2.27. The molecule has 0 aliphatic rings. The molecule has 3 nitrogen and oxygen atoms in total. The molecule has 0 aliphatic heterocycles. The summed E-state index contributed by atoms with van der Waals surface area (Å²) in [5.41, 5.74) is 7.03. The van der Waals surface area contributed by atoms with Gasteiger partial charge >= 0.3 is 0 Å². The number of rotatable bonds is 3. The Kier molecular flexibility index (Phi) is 4.19. The van der Waals surface area contributed by atoms with Gasteiger partial charge in [-0.2, -0.15) is 0 Å². The van der Waals surface area contributed by atoms with E-state index in [0.717, 1.165) is 0 Å². The maximum Gasteiger partial charge on any atom is 0.227 e. The topological polar surface area (TPSA) is 46.3 Å². The number of carbonyl (C=O) groups excluding carboxylic acids is 1. The zero-order valence-corrected chi connectivity index (χ0v) is 10.6. The minimum absolute atomic E-state index is 0.0453. The Morgan fingerprint density at radius 2 is 2.12 bits per heavy atom. The standard InChI is InChI=1S/C12H17ClN2O/c1-8(2)6-12(16)15(3)11-7-9(13)4-5-10(11)14/h4-5,7-8H,6,14H2,1-3H3. The highest BCUT2D eigenvalue weighted by Gasteiger charge is 2.14. The predicted octanol–water partition coefficient (Wildman–Crippen LogP) is 2.93. The number of halogens is 1. The minimum atomic E-state index is 0.0453. The molecule has 0 atom stereocenters. The van der Waals surface area contributed by atoms with Crippen molar-refractivity contribution in [3.63, 3.8) is 0 Å². The number of nitrogens with zero attached hydrogens (tertiary/aromatic N) is 1. The molecule has 1 amide bonds. The van der Waals surface area contributed by atoms with E-state index >= 15 is 0 Å². The Hall–Kier alpha value is -1.22. The van der Waals surface area contributed by atoms with Crippen LogP contribution in [0.25, 0.3) is 0 Å². The molecule has 0 bridgehead atoms. The Morgan fingerprint density at radius 1 is 1.50 bits per heavy atom. The van der Waals surface area contributed by atoms with Gasteiger partial charge in [-0.3, -0.25) is 4.79 Å². The number of nitrogen functional groups attached to an aromatic ring is 1. The van der Waals surface area contributed by atoms with Gasteiger partial charge in [0.15, 0.2) is 0 Å². The first-order valence-corrected chi connectivity index (χ1v) is 5.61. The summed E-state index contributed by atoms with van der Waals surface area (Å²) in [7, 11) is 1.72. The summed E-state index contributed by atoms with van der Waals surface area (Å²) in [6.07, 6.45) is 0.502. The van der Waals surface area contributed by atoms with Crippen LogP contribution in [0.2, 0.25) is 5.02 Å². The van der Waals surface area contributed by atoms with Crippen molar-refractivity contribution in [2.75, 3.05) is 17.7 Å². The lowest BCUT2D eigenvalue weighted by molar-refractivity contribution is -0.119. The monoisotopic (exact) mass is 240 g/mol. The van der Waals surface area contributed by atoms with Crippen LogP contribution in [-0.2, 0) is 4.79 Å². The van der Waals surface area contributed by atoms with Crippen LogP contribution in [0.1, 0.15) is 20.3 Å². The summed E-state index contributed by atoms with van der Waals surface area (Å²) in [4.78, 5) is 13.4. The Bertz CT molecular complexity index is 391. The molecule has 0 radical (unpaired) electrons. The van der Waals surface area contributed by atoms with Crippen molar-refractivity contribution in [3.05, 3.63) is 23.2 Å². The maximum atomic E-state index is 11.8. The minimum Gasteiger partial charge on any atom is -0.397 e. The molecule has 1 rings (SSSR count). The summed E-state index contributed by atoms with van der Waals surface area (Å²) >= 11 is 5.88. The fraction of sp³-hybridized carbons (Fsp3) is 0.417. The largest absolute Gasteiger partial charge is 0.397 e. The highest BCUT2D eigenvalue weighted by Crippen LogP contribution is 2.26. The van der Waals surface area contributed by atoms with Gasteiger partial charge in [0.1, 0.15) is 0 Å². The third-order valence-corrected chi connectivity index (χ3v) is 2.55. The van der Waals surface area contributed by atoms with E-state index in [1.54, 1.807) is 30.1 Å². The van der Waals surface area contributed by atoms with Crippen LogP contribution in [0.3, 0.4) is 0 Å². The molecule has 16 heavy (non-hydrogen) atoms. The molecule has 0 spiro atoms. The number of anilines is 2. The van der Waals surface area contributed by atoms with Crippen LogP contribution < -0.4 is 10.6 Å². The van der Waals surface area contributed by atoms with E-state index in [-0.39, 0.29) is 5.91 Å². The van der Waals surface area contributed by atoms with Crippen LogP contribution in [0.5, 0.6) is 0 Å². The van der Waals surface area contributed by atoms with Gasteiger partial charge in [0.25, 0.3) is 0 Å². The molecule has 1 aromatic carbocycles. The summed E-state index contributed by atoms with van der Waals surface area (Å²) in [5, 5.41) is 0.577. The molecule has 4 heteroatoms. The van der Waals surface area contributed by atoms with Gasteiger partial charge in [-0.25, -0.2) is 0 Å². The average molecular weight is 241 g/mol. The van der Waals surface area contributed by atoms with E-state index in [9.17, 15) is 4.79 Å². The van der Waals surface area contributed by atoms with Gasteiger partial charge in [-0.15, -0.1) is 0 Å². The molecule has 88 valence electrons. The van der Waals surface area contributed by atoms with Crippen molar-refractivity contribution in [1.29, 1.82) is 0 Å². The van der Waals surface area contributed by atoms with E-state index < -0.39 is 0 Å². The second-order valence-electron chi connectivity index (χ2n) is 4.25. The molecule has 2 N–H and O–H groups in total. The molecular formula is C12H17ClN2O. The van der Waals surface area contributed by atoms with Crippen LogP contribution in [0, 0.1) is 5.92 Å². The molecule has 0 fully saturated rings. The predicted molar refractivity (Wildman–Crippen MR) is 68.7 cm³/mol. The molecule has 0 heterocycles. The lowest BCUT2D eigenvalue weighted by atomic mass is 10.1. The Balaban J connectivity index is 2.91. The Morgan fingerprint density at radius 3 is 2.69 bits per heavy atom. The highest BCUT2D eigenvalue weighted by atomic mass is 35.5.